The van der Waals surface area contributed by atoms with Crippen molar-refractivity contribution in [3.05, 3.63) is 0 Å². The Morgan fingerprint density at radius 2 is 1.79 bits per heavy atom. The summed E-state index contributed by atoms with van der Waals surface area (Å²) in [4.78, 5) is 0. The van der Waals surface area contributed by atoms with Gasteiger partial charge in [0.25, 0.3) is 0 Å². The molecule has 0 aromatic rings. The number of halogens is 1. The molecule has 0 aliphatic rings. The SMILES string of the molecule is CCC(C)(C)OCC(Cl)COC(C)C. The summed E-state index contributed by atoms with van der Waals surface area (Å²) in [6.45, 7) is 11.3. The minimum absolute atomic E-state index is 0.0526. The first-order valence-corrected chi connectivity index (χ1v) is 5.70. The topological polar surface area (TPSA) is 18.5 Å². The summed E-state index contributed by atoms with van der Waals surface area (Å²) in [5.74, 6) is 0. The van der Waals surface area contributed by atoms with E-state index in [1.165, 1.54) is 0 Å². The van der Waals surface area contributed by atoms with Gasteiger partial charge in [-0.15, -0.1) is 11.6 Å². The van der Waals surface area contributed by atoms with E-state index in [4.69, 9.17) is 21.1 Å². The van der Waals surface area contributed by atoms with Gasteiger partial charge >= 0.3 is 0 Å². The summed E-state index contributed by atoms with van der Waals surface area (Å²) >= 11 is 6.04. The number of hydrogen-bond donors (Lipinski definition) is 0. The van der Waals surface area contributed by atoms with Gasteiger partial charge < -0.3 is 9.47 Å². The van der Waals surface area contributed by atoms with Crippen molar-refractivity contribution in [1.82, 2.24) is 0 Å². The normalized spacial score (nSPS) is 14.8. The van der Waals surface area contributed by atoms with Crippen LogP contribution in [0.15, 0.2) is 0 Å². The number of alkyl halides is 1. The quantitative estimate of drug-likeness (QED) is 0.616. The van der Waals surface area contributed by atoms with E-state index in [0.29, 0.717) is 13.2 Å². The first-order chi connectivity index (χ1) is 6.37. The third kappa shape index (κ3) is 7.60. The van der Waals surface area contributed by atoms with E-state index in [1.54, 1.807) is 0 Å². The van der Waals surface area contributed by atoms with Gasteiger partial charge in [0.1, 0.15) is 0 Å². The van der Waals surface area contributed by atoms with Crippen LogP contribution in [-0.2, 0) is 9.47 Å². The van der Waals surface area contributed by atoms with Gasteiger partial charge in [-0.25, -0.2) is 0 Å². The highest BCUT2D eigenvalue weighted by molar-refractivity contribution is 6.20. The van der Waals surface area contributed by atoms with E-state index < -0.39 is 0 Å². The highest BCUT2D eigenvalue weighted by Crippen LogP contribution is 2.15. The predicted molar refractivity (Wildman–Crippen MR) is 61.1 cm³/mol. The molecule has 0 saturated heterocycles. The Morgan fingerprint density at radius 3 is 2.21 bits per heavy atom. The molecular formula is C11H23ClO2. The van der Waals surface area contributed by atoms with Crippen molar-refractivity contribution in [3.63, 3.8) is 0 Å². The molecule has 14 heavy (non-hydrogen) atoms. The highest BCUT2D eigenvalue weighted by Gasteiger charge is 2.17. The molecule has 0 amide bonds. The summed E-state index contributed by atoms with van der Waals surface area (Å²) < 4.78 is 11.1. The zero-order chi connectivity index (χ0) is 11.2. The summed E-state index contributed by atoms with van der Waals surface area (Å²) in [7, 11) is 0. The Bertz CT molecular complexity index is 146. The maximum atomic E-state index is 6.04. The third-order valence-corrected chi connectivity index (χ3v) is 2.37. The second kappa shape index (κ2) is 6.65. The van der Waals surface area contributed by atoms with Crippen LogP contribution in [0.3, 0.4) is 0 Å². The molecule has 0 rings (SSSR count). The molecule has 86 valence electrons. The second-order valence-electron chi connectivity index (χ2n) is 4.40. The van der Waals surface area contributed by atoms with Crippen LogP contribution in [0.25, 0.3) is 0 Å². The van der Waals surface area contributed by atoms with Gasteiger partial charge in [0.15, 0.2) is 0 Å². The molecular weight excluding hydrogens is 200 g/mol. The van der Waals surface area contributed by atoms with Crippen molar-refractivity contribution < 1.29 is 9.47 Å². The molecule has 2 nitrogen and oxygen atoms in total. The zero-order valence-electron chi connectivity index (χ0n) is 9.97. The molecule has 1 unspecified atom stereocenters. The fourth-order valence-corrected chi connectivity index (χ4v) is 0.899. The minimum Gasteiger partial charge on any atom is -0.377 e. The van der Waals surface area contributed by atoms with E-state index in [-0.39, 0.29) is 17.1 Å². The van der Waals surface area contributed by atoms with Gasteiger partial charge in [0.05, 0.1) is 30.3 Å². The van der Waals surface area contributed by atoms with Crippen molar-refractivity contribution in [2.45, 2.75) is 58.1 Å². The Labute approximate surface area is 92.9 Å². The molecule has 0 aromatic heterocycles. The Morgan fingerprint density at radius 1 is 1.21 bits per heavy atom. The molecule has 0 saturated carbocycles. The minimum atomic E-state index is -0.0784. The molecule has 0 heterocycles. The molecule has 0 bridgehead atoms. The second-order valence-corrected chi connectivity index (χ2v) is 5.02. The van der Waals surface area contributed by atoms with E-state index in [1.807, 2.05) is 13.8 Å². The van der Waals surface area contributed by atoms with Crippen molar-refractivity contribution in [3.8, 4) is 0 Å². The monoisotopic (exact) mass is 222 g/mol. The van der Waals surface area contributed by atoms with Gasteiger partial charge in [-0.1, -0.05) is 6.92 Å². The van der Waals surface area contributed by atoms with Crippen LogP contribution in [0.4, 0.5) is 0 Å². The van der Waals surface area contributed by atoms with Crippen LogP contribution >= 0.6 is 11.6 Å². The van der Waals surface area contributed by atoms with Gasteiger partial charge in [-0.3, -0.25) is 0 Å². The number of rotatable bonds is 7. The summed E-state index contributed by atoms with van der Waals surface area (Å²) in [5, 5.41) is -0.0526. The van der Waals surface area contributed by atoms with Gasteiger partial charge in [0.2, 0.25) is 0 Å². The van der Waals surface area contributed by atoms with Gasteiger partial charge in [0, 0.05) is 0 Å². The standard InChI is InChI=1S/C11H23ClO2/c1-6-11(4,5)14-8-10(12)7-13-9(2)3/h9-10H,6-8H2,1-5H3. The van der Waals surface area contributed by atoms with Crippen LogP contribution in [0, 0.1) is 0 Å². The average molecular weight is 223 g/mol. The molecule has 0 radical (unpaired) electrons. The zero-order valence-corrected chi connectivity index (χ0v) is 10.7. The predicted octanol–water partition coefficient (Wildman–Crippen LogP) is 3.22. The van der Waals surface area contributed by atoms with Crippen LogP contribution in [-0.4, -0.2) is 30.3 Å². The molecule has 3 heteroatoms. The van der Waals surface area contributed by atoms with E-state index in [9.17, 15) is 0 Å². The fourth-order valence-electron chi connectivity index (χ4n) is 0.763. The molecule has 1 atom stereocenters. The van der Waals surface area contributed by atoms with Crippen molar-refractivity contribution in [2.24, 2.45) is 0 Å². The van der Waals surface area contributed by atoms with E-state index >= 15 is 0 Å². The van der Waals surface area contributed by atoms with Gasteiger partial charge in [-0.05, 0) is 34.1 Å². The maximum Gasteiger partial charge on any atom is 0.0803 e. The first kappa shape index (κ1) is 14.2. The molecule has 0 spiro atoms. The Hall–Kier alpha value is 0.210. The number of hydrogen-bond acceptors (Lipinski definition) is 2. The lowest BCUT2D eigenvalue weighted by atomic mass is 10.1. The lowest BCUT2D eigenvalue weighted by molar-refractivity contribution is -0.0309. The molecule has 0 N–H and O–H groups in total. The molecule has 0 fully saturated rings. The van der Waals surface area contributed by atoms with Crippen LogP contribution in [0.5, 0.6) is 0 Å². The van der Waals surface area contributed by atoms with Crippen LogP contribution in [0.1, 0.15) is 41.0 Å². The van der Waals surface area contributed by atoms with Crippen molar-refractivity contribution >= 4 is 11.6 Å². The van der Waals surface area contributed by atoms with E-state index in [2.05, 4.69) is 20.8 Å². The largest absolute Gasteiger partial charge is 0.377 e. The summed E-state index contributed by atoms with van der Waals surface area (Å²) in [6, 6.07) is 0. The average Bonchev–Trinajstić information content (AvgIpc) is 2.11. The van der Waals surface area contributed by atoms with Crippen LogP contribution < -0.4 is 0 Å². The summed E-state index contributed by atoms with van der Waals surface area (Å²) in [5.41, 5.74) is -0.0784. The fraction of sp³-hybridized carbons (Fsp3) is 1.00. The maximum absolute atomic E-state index is 6.04. The van der Waals surface area contributed by atoms with Crippen molar-refractivity contribution in [1.29, 1.82) is 0 Å². The first-order valence-electron chi connectivity index (χ1n) is 5.27. The van der Waals surface area contributed by atoms with Gasteiger partial charge in [-0.2, -0.15) is 0 Å². The number of ether oxygens (including phenoxy) is 2. The summed E-state index contributed by atoms with van der Waals surface area (Å²) in [6.07, 6.45) is 1.22. The highest BCUT2D eigenvalue weighted by atomic mass is 35.5. The van der Waals surface area contributed by atoms with Crippen LogP contribution in [0.2, 0.25) is 0 Å². The van der Waals surface area contributed by atoms with E-state index in [0.717, 1.165) is 6.42 Å². The molecule has 0 aliphatic carbocycles. The smallest absolute Gasteiger partial charge is 0.0803 e. The third-order valence-electron chi connectivity index (χ3n) is 2.12. The lowest BCUT2D eigenvalue weighted by Crippen LogP contribution is -2.28. The lowest BCUT2D eigenvalue weighted by Gasteiger charge is -2.25. The molecule has 0 aliphatic heterocycles. The van der Waals surface area contributed by atoms with Crippen molar-refractivity contribution in [2.75, 3.05) is 13.2 Å². The Kier molecular flexibility index (Phi) is 6.75. The Balaban J connectivity index is 3.58. The molecule has 0 aromatic carbocycles.